The summed E-state index contributed by atoms with van der Waals surface area (Å²) >= 11 is 0. The molecule has 0 aromatic carbocycles. The summed E-state index contributed by atoms with van der Waals surface area (Å²) in [5, 5.41) is 0. The summed E-state index contributed by atoms with van der Waals surface area (Å²) in [5.41, 5.74) is 3.25. The molecule has 0 atom stereocenters. The van der Waals surface area contributed by atoms with Crippen molar-refractivity contribution in [2.75, 3.05) is 0 Å². The zero-order valence-corrected chi connectivity index (χ0v) is 4.60. The molecule has 0 aliphatic carbocycles. The molecule has 60 valence electrons. The first-order valence-electron chi connectivity index (χ1n) is 1.25. The summed E-state index contributed by atoms with van der Waals surface area (Å²) in [4.78, 5) is 7.75. The van der Waals surface area contributed by atoms with Gasteiger partial charge in [-0.2, -0.15) is 0 Å². The summed E-state index contributed by atoms with van der Waals surface area (Å²) < 4.78 is 59.2. The quantitative estimate of drug-likeness (QED) is 0.445. The van der Waals surface area contributed by atoms with E-state index >= 15 is 0 Å². The fraction of sp³-hybridized carbons (Fsp3) is 0. The molecule has 0 rings (SSSR count). The second-order valence-electron chi connectivity index (χ2n) is 0.958. The van der Waals surface area contributed by atoms with Crippen LogP contribution in [0, 0.1) is 4.91 Å². The van der Waals surface area contributed by atoms with Crippen molar-refractivity contribution in [1.82, 2.24) is 0 Å². The van der Waals surface area contributed by atoms with Gasteiger partial charge in [0.15, 0.2) is 0 Å². The van der Waals surface area contributed by atoms with Crippen LogP contribution in [-0.2, 0) is 0 Å². The van der Waals surface area contributed by atoms with Gasteiger partial charge >= 0.3 is 33.0 Å². The predicted molar refractivity (Wildman–Crippen MR) is 18.9 cm³/mol. The van der Waals surface area contributed by atoms with Gasteiger partial charge in [0.2, 0.25) is 0 Å². The summed E-state index contributed by atoms with van der Waals surface area (Å²) in [5.74, 6) is 0. The molecule has 0 unspecified atom stereocenters. The largest absolute Gasteiger partial charge is 0.0327 e. The molecule has 0 heterocycles. The SMILES string of the molecule is F[P-](F)(F)(F)(F)F.[NH2+]=O. The van der Waals surface area contributed by atoms with Gasteiger partial charge in [0.1, 0.15) is 0 Å². The first-order chi connectivity index (χ1) is 3.45. The van der Waals surface area contributed by atoms with Crippen LogP contribution in [0.4, 0.5) is 25.2 Å². The zero-order chi connectivity index (χ0) is 8.41. The normalized spacial score (nSPS) is 18.4. The van der Waals surface area contributed by atoms with Crippen molar-refractivity contribution in [2.24, 2.45) is 0 Å². The van der Waals surface area contributed by atoms with Crippen molar-refractivity contribution in [1.29, 1.82) is 0 Å². The molecule has 0 saturated carbocycles. The zero-order valence-electron chi connectivity index (χ0n) is 3.70. The van der Waals surface area contributed by atoms with Crippen LogP contribution in [0.2, 0.25) is 0 Å². The van der Waals surface area contributed by atoms with Gasteiger partial charge in [-0.25, -0.2) is 0 Å². The minimum absolute atomic E-state index is 3.25. The van der Waals surface area contributed by atoms with Gasteiger partial charge in [0.05, 0.1) is 0 Å². The van der Waals surface area contributed by atoms with E-state index in [0.717, 1.165) is 0 Å². The van der Waals surface area contributed by atoms with Crippen molar-refractivity contribution < 1.29 is 30.8 Å². The standard InChI is InChI=1S/F6P.H2NO/c1-7(2,3,4,5)6;1-2/h;1H2/q-1;+1. The Hall–Kier alpha value is -0.390. The van der Waals surface area contributed by atoms with Crippen LogP contribution in [0.5, 0.6) is 0 Å². The van der Waals surface area contributed by atoms with Gasteiger partial charge in [0, 0.05) is 4.91 Å². The smallest absolute Gasteiger partial charge is 0.0125 e. The molecule has 0 saturated heterocycles. The Balaban J connectivity index is 0. The molecular formula is H2F6NOP. The number of hydrogen-bond acceptors (Lipinski definition) is 1. The molecule has 2 N–H and O–H groups in total. The van der Waals surface area contributed by atoms with Gasteiger partial charge in [-0.05, 0) is 5.59 Å². The van der Waals surface area contributed by atoms with Crippen LogP contribution in [0.1, 0.15) is 0 Å². The van der Waals surface area contributed by atoms with Crippen LogP contribution < -0.4 is 5.59 Å². The second kappa shape index (κ2) is 1.56. The van der Waals surface area contributed by atoms with Gasteiger partial charge in [-0.1, -0.05) is 0 Å². The Bertz CT molecular complexity index is 82.4. The predicted octanol–water partition coefficient (Wildman–Crippen LogP) is 1.89. The van der Waals surface area contributed by atoms with Crippen molar-refractivity contribution in [3.05, 3.63) is 4.91 Å². The van der Waals surface area contributed by atoms with E-state index in [1.807, 2.05) is 0 Å². The van der Waals surface area contributed by atoms with E-state index in [9.17, 15) is 25.2 Å². The van der Waals surface area contributed by atoms with Crippen molar-refractivity contribution in [3.8, 4) is 0 Å². The van der Waals surface area contributed by atoms with Gasteiger partial charge in [-0.15, -0.1) is 0 Å². The van der Waals surface area contributed by atoms with E-state index in [4.69, 9.17) is 4.91 Å². The van der Waals surface area contributed by atoms with E-state index in [2.05, 4.69) is 5.59 Å². The minimum Gasteiger partial charge on any atom is -0.0327 e. The van der Waals surface area contributed by atoms with Gasteiger partial charge in [0.25, 0.3) is 0 Å². The minimum atomic E-state index is -10.7. The van der Waals surface area contributed by atoms with Crippen LogP contribution >= 0.6 is 7.81 Å². The van der Waals surface area contributed by atoms with Crippen LogP contribution in [0.3, 0.4) is 0 Å². The first kappa shape index (κ1) is 11.4. The second-order valence-corrected chi connectivity index (χ2v) is 2.87. The molecular weight excluding hydrogens is 175 g/mol. The third-order valence-electron chi connectivity index (χ3n) is 0. The van der Waals surface area contributed by atoms with Crippen LogP contribution in [0.25, 0.3) is 0 Å². The Kier molecular flexibility index (Phi) is 1.98. The van der Waals surface area contributed by atoms with Crippen LogP contribution in [0.15, 0.2) is 0 Å². The molecule has 0 aliphatic rings. The number of nitroso groups, excluding NO2 is 1. The summed E-state index contributed by atoms with van der Waals surface area (Å²) in [7, 11) is -10.7. The molecule has 0 amide bonds. The Morgan fingerprint density at radius 2 is 0.778 bits per heavy atom. The molecule has 0 aliphatic heterocycles. The molecule has 0 bridgehead atoms. The van der Waals surface area contributed by atoms with Gasteiger partial charge < -0.3 is 0 Å². The van der Waals surface area contributed by atoms with Crippen molar-refractivity contribution in [3.63, 3.8) is 0 Å². The summed E-state index contributed by atoms with van der Waals surface area (Å²) in [6.07, 6.45) is 0. The molecule has 2 nitrogen and oxygen atoms in total. The third kappa shape index (κ3) is 1570. The molecule has 0 aromatic rings. The van der Waals surface area contributed by atoms with E-state index < -0.39 is 7.81 Å². The molecule has 9 heteroatoms. The van der Waals surface area contributed by atoms with Crippen molar-refractivity contribution in [2.45, 2.75) is 0 Å². The Morgan fingerprint density at radius 3 is 0.778 bits per heavy atom. The molecule has 0 fully saturated rings. The monoisotopic (exact) mass is 177 g/mol. The summed E-state index contributed by atoms with van der Waals surface area (Å²) in [6, 6.07) is 0. The molecule has 0 aromatic heterocycles. The maximum absolute atomic E-state index is 10.7. The molecule has 0 spiro atoms. The molecule has 0 radical (unpaired) electrons. The third-order valence-corrected chi connectivity index (χ3v) is 0. The van der Waals surface area contributed by atoms with E-state index in [0.29, 0.717) is 0 Å². The number of hydrogen-bond donors (Lipinski definition) is 1. The number of nitrogens with two attached hydrogens (primary N) is 1. The topological polar surface area (TPSA) is 42.7 Å². The average Bonchev–Trinajstić information content (AvgIpc) is 1.30. The van der Waals surface area contributed by atoms with Crippen molar-refractivity contribution >= 4 is 7.81 Å². The van der Waals surface area contributed by atoms with Gasteiger partial charge in [-0.3, -0.25) is 0 Å². The van der Waals surface area contributed by atoms with E-state index in [1.165, 1.54) is 0 Å². The molecule has 9 heavy (non-hydrogen) atoms. The Morgan fingerprint density at radius 1 is 0.778 bits per heavy atom. The maximum Gasteiger partial charge on any atom is 0.0125 e. The van der Waals surface area contributed by atoms with E-state index in [1.54, 1.807) is 0 Å². The summed E-state index contributed by atoms with van der Waals surface area (Å²) in [6.45, 7) is 0. The number of halogens is 6. The van der Waals surface area contributed by atoms with Crippen LogP contribution in [-0.4, -0.2) is 0 Å². The maximum atomic E-state index is 9.87. The fourth-order valence-electron chi connectivity index (χ4n) is 0. The number of rotatable bonds is 0. The average molecular weight is 177 g/mol. The van der Waals surface area contributed by atoms with E-state index in [-0.39, 0.29) is 0 Å². The Labute approximate surface area is 44.8 Å². The fourth-order valence-corrected chi connectivity index (χ4v) is 0. The first-order valence-corrected chi connectivity index (χ1v) is 3.28.